The zero-order chi connectivity index (χ0) is 13.2. The summed E-state index contributed by atoms with van der Waals surface area (Å²) in [4.78, 5) is 13.2. The highest BCUT2D eigenvalue weighted by Gasteiger charge is 2.15. The van der Waals surface area contributed by atoms with Crippen LogP contribution in [0.25, 0.3) is 6.08 Å². The fraction of sp³-hybridized carbons (Fsp3) is 0.133. The van der Waals surface area contributed by atoms with Gasteiger partial charge in [-0.25, -0.2) is 0 Å². The molecule has 0 spiro atoms. The number of ether oxygens (including phenoxy) is 2. The van der Waals surface area contributed by atoms with Gasteiger partial charge in [-0.1, -0.05) is 0 Å². The highest BCUT2D eigenvalue weighted by atomic mass is 32.1. The molecule has 4 heteroatoms. The van der Waals surface area contributed by atoms with E-state index in [0.717, 1.165) is 4.88 Å². The molecular weight excluding hydrogens is 260 g/mol. The number of allylic oxidation sites excluding steroid dienone is 1. The second kappa shape index (κ2) is 4.90. The molecule has 0 bridgehead atoms. The van der Waals surface area contributed by atoms with E-state index in [9.17, 15) is 4.79 Å². The predicted octanol–water partition coefficient (Wildman–Crippen LogP) is 3.68. The molecule has 2 heterocycles. The quantitative estimate of drug-likeness (QED) is 0.631. The Labute approximate surface area is 115 Å². The summed E-state index contributed by atoms with van der Waals surface area (Å²) in [7, 11) is 0. The maximum atomic E-state index is 12.1. The SMILES string of the molecule is Cc1ccsc1C=CC(=O)c1ccc2c(c1)OCO2. The number of carbonyl (C=O) groups is 1. The van der Waals surface area contributed by atoms with E-state index in [1.807, 2.05) is 24.4 Å². The third-order valence-electron chi connectivity index (χ3n) is 2.94. The zero-order valence-electron chi connectivity index (χ0n) is 10.4. The van der Waals surface area contributed by atoms with Crippen LogP contribution < -0.4 is 9.47 Å². The summed E-state index contributed by atoms with van der Waals surface area (Å²) >= 11 is 1.62. The molecule has 1 aromatic carbocycles. The van der Waals surface area contributed by atoms with E-state index in [4.69, 9.17) is 9.47 Å². The number of aryl methyl sites for hydroxylation is 1. The summed E-state index contributed by atoms with van der Waals surface area (Å²) < 4.78 is 10.5. The number of hydrogen-bond donors (Lipinski definition) is 0. The van der Waals surface area contributed by atoms with Crippen LogP contribution in [-0.4, -0.2) is 12.6 Å². The third kappa shape index (κ3) is 2.39. The molecule has 0 atom stereocenters. The number of fused-ring (bicyclic) bond motifs is 1. The first-order valence-corrected chi connectivity index (χ1v) is 6.78. The van der Waals surface area contributed by atoms with Gasteiger partial charge in [0.1, 0.15) is 0 Å². The number of ketones is 1. The Hall–Kier alpha value is -2.07. The van der Waals surface area contributed by atoms with Crippen LogP contribution in [-0.2, 0) is 0 Å². The minimum Gasteiger partial charge on any atom is -0.454 e. The molecule has 3 nitrogen and oxygen atoms in total. The molecule has 0 unspecified atom stereocenters. The molecule has 0 saturated carbocycles. The lowest BCUT2D eigenvalue weighted by Gasteiger charge is -1.99. The normalized spacial score (nSPS) is 13.1. The number of hydrogen-bond acceptors (Lipinski definition) is 4. The van der Waals surface area contributed by atoms with Gasteiger partial charge in [0.25, 0.3) is 0 Å². The molecule has 1 aromatic heterocycles. The van der Waals surface area contributed by atoms with Crippen LogP contribution in [0.4, 0.5) is 0 Å². The molecule has 2 aromatic rings. The Morgan fingerprint density at radius 3 is 2.89 bits per heavy atom. The van der Waals surface area contributed by atoms with Gasteiger partial charge in [0.2, 0.25) is 6.79 Å². The van der Waals surface area contributed by atoms with Crippen LogP contribution in [0.15, 0.2) is 35.7 Å². The van der Waals surface area contributed by atoms with Crippen molar-refractivity contribution in [1.29, 1.82) is 0 Å². The van der Waals surface area contributed by atoms with Gasteiger partial charge in [-0.2, -0.15) is 0 Å². The molecule has 0 aliphatic carbocycles. The first-order valence-electron chi connectivity index (χ1n) is 5.90. The maximum Gasteiger partial charge on any atom is 0.231 e. The monoisotopic (exact) mass is 272 g/mol. The second-order valence-corrected chi connectivity index (χ2v) is 5.18. The van der Waals surface area contributed by atoms with Crippen molar-refractivity contribution in [3.63, 3.8) is 0 Å². The van der Waals surface area contributed by atoms with Gasteiger partial charge in [-0.15, -0.1) is 11.3 Å². The van der Waals surface area contributed by atoms with Crippen molar-refractivity contribution in [3.8, 4) is 11.5 Å². The van der Waals surface area contributed by atoms with Crippen LogP contribution >= 0.6 is 11.3 Å². The van der Waals surface area contributed by atoms with E-state index < -0.39 is 0 Å². The summed E-state index contributed by atoms with van der Waals surface area (Å²) in [6.07, 6.45) is 3.45. The average Bonchev–Trinajstić information content (AvgIpc) is 3.03. The summed E-state index contributed by atoms with van der Waals surface area (Å²) in [5.41, 5.74) is 1.79. The fourth-order valence-electron chi connectivity index (χ4n) is 1.85. The van der Waals surface area contributed by atoms with Gasteiger partial charge >= 0.3 is 0 Å². The summed E-state index contributed by atoms with van der Waals surface area (Å²) in [5.74, 6) is 1.28. The molecule has 19 heavy (non-hydrogen) atoms. The largest absolute Gasteiger partial charge is 0.454 e. The lowest BCUT2D eigenvalue weighted by Crippen LogP contribution is -1.94. The smallest absolute Gasteiger partial charge is 0.231 e. The van der Waals surface area contributed by atoms with Gasteiger partial charge in [0, 0.05) is 10.4 Å². The topological polar surface area (TPSA) is 35.5 Å². The Kier molecular flexibility index (Phi) is 3.09. The van der Waals surface area contributed by atoms with Crippen LogP contribution in [0.1, 0.15) is 20.8 Å². The van der Waals surface area contributed by atoms with Crippen molar-refractivity contribution in [2.24, 2.45) is 0 Å². The Balaban J connectivity index is 1.81. The summed E-state index contributed by atoms with van der Waals surface area (Å²) in [6, 6.07) is 7.27. The molecule has 3 rings (SSSR count). The summed E-state index contributed by atoms with van der Waals surface area (Å²) in [6.45, 7) is 2.25. The summed E-state index contributed by atoms with van der Waals surface area (Å²) in [5, 5.41) is 2.01. The van der Waals surface area contributed by atoms with Gasteiger partial charge in [-0.05, 0) is 54.3 Å². The van der Waals surface area contributed by atoms with E-state index in [1.54, 1.807) is 35.6 Å². The van der Waals surface area contributed by atoms with Gasteiger partial charge in [-0.3, -0.25) is 4.79 Å². The minimum absolute atomic E-state index is 0.0360. The standard InChI is InChI=1S/C15H12O3S/c1-10-6-7-19-15(10)5-3-12(16)11-2-4-13-14(8-11)18-9-17-13/h2-8H,9H2,1H3. The van der Waals surface area contributed by atoms with Crippen molar-refractivity contribution < 1.29 is 14.3 Å². The minimum atomic E-state index is -0.0360. The molecule has 96 valence electrons. The molecule has 1 aliphatic rings. The van der Waals surface area contributed by atoms with Crippen molar-refractivity contribution in [2.75, 3.05) is 6.79 Å². The van der Waals surface area contributed by atoms with Gasteiger partial charge < -0.3 is 9.47 Å². The van der Waals surface area contributed by atoms with Gasteiger partial charge in [0.05, 0.1) is 0 Å². The molecule has 0 N–H and O–H groups in total. The first kappa shape index (κ1) is 12.0. The van der Waals surface area contributed by atoms with Crippen LogP contribution in [0, 0.1) is 6.92 Å². The van der Waals surface area contributed by atoms with Crippen molar-refractivity contribution in [2.45, 2.75) is 6.92 Å². The number of carbonyl (C=O) groups excluding carboxylic acids is 1. The Morgan fingerprint density at radius 2 is 2.11 bits per heavy atom. The highest BCUT2D eigenvalue weighted by molar-refractivity contribution is 7.11. The predicted molar refractivity (Wildman–Crippen MR) is 75.0 cm³/mol. The van der Waals surface area contributed by atoms with E-state index in [-0.39, 0.29) is 12.6 Å². The number of benzene rings is 1. The van der Waals surface area contributed by atoms with E-state index >= 15 is 0 Å². The van der Waals surface area contributed by atoms with Crippen LogP contribution in [0.5, 0.6) is 11.5 Å². The lowest BCUT2D eigenvalue weighted by atomic mass is 10.1. The molecule has 0 saturated heterocycles. The maximum absolute atomic E-state index is 12.1. The molecule has 1 aliphatic heterocycles. The molecule has 0 radical (unpaired) electrons. The second-order valence-electron chi connectivity index (χ2n) is 4.23. The Morgan fingerprint density at radius 1 is 1.26 bits per heavy atom. The fourth-order valence-corrected chi connectivity index (χ4v) is 2.67. The van der Waals surface area contributed by atoms with Crippen LogP contribution in [0.2, 0.25) is 0 Å². The lowest BCUT2D eigenvalue weighted by molar-refractivity contribution is 0.104. The highest BCUT2D eigenvalue weighted by Crippen LogP contribution is 2.32. The first-order chi connectivity index (χ1) is 9.24. The van der Waals surface area contributed by atoms with Crippen molar-refractivity contribution in [1.82, 2.24) is 0 Å². The van der Waals surface area contributed by atoms with Crippen molar-refractivity contribution >= 4 is 23.2 Å². The van der Waals surface area contributed by atoms with Crippen LogP contribution in [0.3, 0.4) is 0 Å². The third-order valence-corrected chi connectivity index (χ3v) is 3.93. The molecule has 0 amide bonds. The van der Waals surface area contributed by atoms with E-state index in [1.165, 1.54) is 5.56 Å². The number of rotatable bonds is 3. The van der Waals surface area contributed by atoms with E-state index in [0.29, 0.717) is 17.1 Å². The van der Waals surface area contributed by atoms with E-state index in [2.05, 4.69) is 0 Å². The Bertz CT molecular complexity index is 655. The van der Waals surface area contributed by atoms with Crippen molar-refractivity contribution in [3.05, 3.63) is 51.7 Å². The van der Waals surface area contributed by atoms with Gasteiger partial charge in [0.15, 0.2) is 17.3 Å². The zero-order valence-corrected chi connectivity index (χ0v) is 11.2. The molecular formula is C15H12O3S. The molecule has 0 fully saturated rings. The number of thiophene rings is 1. The average molecular weight is 272 g/mol.